The summed E-state index contributed by atoms with van der Waals surface area (Å²) in [6, 6.07) is 10.7. The van der Waals surface area contributed by atoms with E-state index >= 15 is 0 Å². The van der Waals surface area contributed by atoms with Gasteiger partial charge >= 0.3 is 6.18 Å². The first-order valence-corrected chi connectivity index (χ1v) is 9.63. The van der Waals surface area contributed by atoms with Gasteiger partial charge in [-0.2, -0.15) is 18.3 Å². The van der Waals surface area contributed by atoms with Gasteiger partial charge in [0.15, 0.2) is 0 Å². The molecule has 29 heavy (non-hydrogen) atoms. The molecule has 2 heterocycles. The van der Waals surface area contributed by atoms with Crippen LogP contribution < -0.4 is 10.1 Å². The monoisotopic (exact) mass is 421 g/mol. The Morgan fingerprint density at radius 3 is 2.55 bits per heavy atom. The molecular weight excluding hydrogens is 403 g/mol. The number of rotatable bonds is 3. The molecule has 0 saturated heterocycles. The third kappa shape index (κ3) is 3.79. The van der Waals surface area contributed by atoms with Gasteiger partial charge in [-0.3, -0.25) is 0 Å². The highest BCUT2D eigenvalue weighted by molar-refractivity contribution is 6.32. The fourth-order valence-corrected chi connectivity index (χ4v) is 3.71. The van der Waals surface area contributed by atoms with E-state index in [1.807, 2.05) is 24.3 Å². The van der Waals surface area contributed by atoms with Crippen LogP contribution in [0.5, 0.6) is 5.75 Å². The van der Waals surface area contributed by atoms with Crippen molar-refractivity contribution in [2.45, 2.75) is 25.4 Å². The molecule has 1 aliphatic rings. The maximum Gasteiger partial charge on any atom is 0.416 e. The van der Waals surface area contributed by atoms with Crippen LogP contribution in [0.1, 0.15) is 24.0 Å². The molecule has 0 unspecified atom stereocenters. The molecule has 8 heteroatoms. The molecule has 1 aromatic heterocycles. The van der Waals surface area contributed by atoms with Crippen LogP contribution in [0, 0.1) is 0 Å². The van der Waals surface area contributed by atoms with Gasteiger partial charge in [0.1, 0.15) is 11.6 Å². The van der Waals surface area contributed by atoms with Crippen LogP contribution in [0.15, 0.2) is 42.5 Å². The molecule has 1 aliphatic heterocycles. The van der Waals surface area contributed by atoms with Gasteiger partial charge in [-0.1, -0.05) is 11.6 Å². The summed E-state index contributed by atoms with van der Waals surface area (Å²) in [5, 5.41) is 8.21. The van der Waals surface area contributed by atoms with Gasteiger partial charge in [-0.25, -0.2) is 4.68 Å². The number of anilines is 1. The lowest BCUT2D eigenvalue weighted by atomic mass is 10.0. The lowest BCUT2D eigenvalue weighted by Crippen LogP contribution is -2.10. The maximum absolute atomic E-state index is 13.3. The summed E-state index contributed by atoms with van der Waals surface area (Å²) in [7, 11) is 1.59. The normalized spacial score (nSPS) is 14.1. The quantitative estimate of drug-likeness (QED) is 0.566. The van der Waals surface area contributed by atoms with Crippen LogP contribution in [0.2, 0.25) is 5.02 Å². The van der Waals surface area contributed by atoms with E-state index in [2.05, 4.69) is 10.4 Å². The number of halogens is 4. The molecule has 3 aromatic rings. The smallest absolute Gasteiger partial charge is 0.416 e. The van der Waals surface area contributed by atoms with E-state index in [4.69, 9.17) is 16.3 Å². The largest absolute Gasteiger partial charge is 0.497 e. The number of alkyl halides is 3. The number of hydrogen-bond donors (Lipinski definition) is 1. The average Bonchev–Trinajstić information content (AvgIpc) is 2.88. The molecule has 0 fully saturated rings. The minimum atomic E-state index is -4.46. The zero-order valence-corrected chi connectivity index (χ0v) is 16.4. The Balaban J connectivity index is 1.90. The fraction of sp³-hybridized carbons (Fsp3) is 0.286. The molecule has 4 rings (SSSR count). The highest BCUT2D eigenvalue weighted by atomic mass is 35.5. The van der Waals surface area contributed by atoms with Crippen LogP contribution >= 0.6 is 11.6 Å². The molecule has 0 radical (unpaired) electrons. The lowest BCUT2D eigenvalue weighted by Gasteiger charge is -2.13. The number of benzene rings is 2. The van der Waals surface area contributed by atoms with Gasteiger partial charge in [0.25, 0.3) is 0 Å². The molecule has 0 bridgehead atoms. The summed E-state index contributed by atoms with van der Waals surface area (Å²) in [4.78, 5) is 0. The number of nitrogens with zero attached hydrogens (tertiary/aromatic N) is 2. The number of nitrogens with one attached hydrogen (secondary N) is 1. The van der Waals surface area contributed by atoms with Crippen molar-refractivity contribution in [2.75, 3.05) is 19.0 Å². The summed E-state index contributed by atoms with van der Waals surface area (Å²) >= 11 is 6.29. The van der Waals surface area contributed by atoms with Gasteiger partial charge in [0.2, 0.25) is 0 Å². The fourth-order valence-electron chi connectivity index (χ4n) is 3.51. The zero-order chi connectivity index (χ0) is 20.6. The van der Waals surface area contributed by atoms with E-state index in [9.17, 15) is 13.2 Å². The van der Waals surface area contributed by atoms with Crippen molar-refractivity contribution in [3.05, 3.63) is 58.6 Å². The van der Waals surface area contributed by atoms with E-state index in [1.165, 1.54) is 10.7 Å². The van der Waals surface area contributed by atoms with Crippen LogP contribution in [-0.2, 0) is 12.6 Å². The van der Waals surface area contributed by atoms with Crippen molar-refractivity contribution in [2.24, 2.45) is 0 Å². The highest BCUT2D eigenvalue weighted by Gasteiger charge is 2.32. The summed E-state index contributed by atoms with van der Waals surface area (Å²) in [6.07, 6.45) is -1.76. The number of ether oxygens (including phenoxy) is 1. The second-order valence-electron chi connectivity index (χ2n) is 6.86. The van der Waals surface area contributed by atoms with E-state index in [0.717, 1.165) is 60.5 Å². The van der Waals surface area contributed by atoms with Gasteiger partial charge in [0.05, 0.1) is 29.1 Å². The molecule has 0 atom stereocenters. The van der Waals surface area contributed by atoms with Crippen molar-refractivity contribution in [3.8, 4) is 22.7 Å². The van der Waals surface area contributed by atoms with Crippen LogP contribution in [0.3, 0.4) is 0 Å². The zero-order valence-electron chi connectivity index (χ0n) is 15.7. The molecule has 152 valence electrons. The first-order chi connectivity index (χ1) is 13.9. The van der Waals surface area contributed by atoms with Crippen molar-refractivity contribution < 1.29 is 17.9 Å². The topological polar surface area (TPSA) is 39.1 Å². The molecule has 0 spiro atoms. The molecule has 0 amide bonds. The second-order valence-corrected chi connectivity index (χ2v) is 7.27. The van der Waals surface area contributed by atoms with E-state index in [-0.39, 0.29) is 10.7 Å². The Morgan fingerprint density at radius 2 is 1.86 bits per heavy atom. The van der Waals surface area contributed by atoms with Crippen LogP contribution in [0.4, 0.5) is 19.0 Å². The van der Waals surface area contributed by atoms with Crippen molar-refractivity contribution >= 4 is 17.4 Å². The number of methoxy groups -OCH3 is 1. The predicted molar refractivity (Wildman–Crippen MR) is 107 cm³/mol. The Labute approximate surface area is 171 Å². The second kappa shape index (κ2) is 7.63. The Hall–Kier alpha value is -2.67. The molecular formula is C21H19ClF3N3O. The van der Waals surface area contributed by atoms with Crippen LogP contribution in [-0.4, -0.2) is 23.4 Å². The van der Waals surface area contributed by atoms with E-state index < -0.39 is 11.7 Å². The Bertz CT molecular complexity index is 1030. The summed E-state index contributed by atoms with van der Waals surface area (Å²) < 4.78 is 46.5. The molecule has 0 aliphatic carbocycles. The summed E-state index contributed by atoms with van der Waals surface area (Å²) in [5.74, 6) is 1.41. The first kappa shape index (κ1) is 19.6. The van der Waals surface area contributed by atoms with E-state index in [1.54, 1.807) is 7.11 Å². The third-order valence-corrected chi connectivity index (χ3v) is 5.31. The average molecular weight is 422 g/mol. The van der Waals surface area contributed by atoms with Gasteiger partial charge < -0.3 is 10.1 Å². The predicted octanol–water partition coefficient (Wildman–Crippen LogP) is 5.97. The summed E-state index contributed by atoms with van der Waals surface area (Å²) in [5.41, 5.74) is 2.01. The number of fused-ring (bicyclic) bond motifs is 1. The molecule has 1 N–H and O–H groups in total. The molecule has 2 aromatic carbocycles. The third-order valence-electron chi connectivity index (χ3n) is 4.99. The molecule has 4 nitrogen and oxygen atoms in total. The highest BCUT2D eigenvalue weighted by Crippen LogP contribution is 2.38. The van der Waals surface area contributed by atoms with Gasteiger partial charge in [0, 0.05) is 17.7 Å². The van der Waals surface area contributed by atoms with Crippen molar-refractivity contribution in [3.63, 3.8) is 0 Å². The SMILES string of the molecule is COc1ccc(-c2nn(-c3cc(C(F)(F)F)ccc3Cl)c3c2CCCCN3)cc1. The number of hydrogen-bond acceptors (Lipinski definition) is 3. The van der Waals surface area contributed by atoms with Gasteiger partial charge in [-0.05, 0) is 61.7 Å². The maximum atomic E-state index is 13.3. The first-order valence-electron chi connectivity index (χ1n) is 9.26. The number of aromatic nitrogens is 2. The Kier molecular flexibility index (Phi) is 5.17. The minimum Gasteiger partial charge on any atom is -0.497 e. The van der Waals surface area contributed by atoms with Gasteiger partial charge in [-0.15, -0.1) is 0 Å². The lowest BCUT2D eigenvalue weighted by molar-refractivity contribution is -0.137. The minimum absolute atomic E-state index is 0.201. The summed E-state index contributed by atoms with van der Waals surface area (Å²) in [6.45, 7) is 0.720. The van der Waals surface area contributed by atoms with Crippen LogP contribution in [0.25, 0.3) is 16.9 Å². The van der Waals surface area contributed by atoms with Crippen molar-refractivity contribution in [1.82, 2.24) is 9.78 Å². The standard InChI is InChI=1S/C21H19ClF3N3O/c1-29-15-8-5-13(6-9-15)19-16-4-2-3-11-26-20(16)28(27-19)18-12-14(21(23,24)25)7-10-17(18)22/h5-10,12,26H,2-4,11H2,1H3. The van der Waals surface area contributed by atoms with E-state index in [0.29, 0.717) is 5.82 Å². The van der Waals surface area contributed by atoms with Crippen molar-refractivity contribution in [1.29, 1.82) is 0 Å². The Morgan fingerprint density at radius 1 is 1.10 bits per heavy atom. The molecule has 0 saturated carbocycles.